The molecule has 8 heteroatoms. The lowest BCUT2D eigenvalue weighted by atomic mass is 9.99. The van der Waals surface area contributed by atoms with Gasteiger partial charge >= 0.3 is 0 Å². The fraction of sp³-hybridized carbons (Fsp3) is 0.500. The lowest BCUT2D eigenvalue weighted by molar-refractivity contribution is -0.120. The van der Waals surface area contributed by atoms with E-state index in [9.17, 15) is 9.18 Å². The molecule has 30 heavy (non-hydrogen) atoms. The molecule has 3 N–H and O–H groups in total. The van der Waals surface area contributed by atoms with E-state index in [4.69, 9.17) is 4.52 Å². The van der Waals surface area contributed by atoms with Crippen LogP contribution in [0.25, 0.3) is 0 Å². The highest BCUT2D eigenvalue weighted by molar-refractivity contribution is 5.80. The molecule has 0 radical (unpaired) electrons. The zero-order valence-electron chi connectivity index (χ0n) is 18.0. The summed E-state index contributed by atoms with van der Waals surface area (Å²) < 4.78 is 18.3. The van der Waals surface area contributed by atoms with E-state index < -0.39 is 0 Å². The summed E-state index contributed by atoms with van der Waals surface area (Å²) in [6.07, 6.45) is 2.28. The molecule has 2 rings (SSSR count). The second-order valence-electron chi connectivity index (χ2n) is 7.01. The number of hydrogen-bond acceptors (Lipinski definition) is 4. The predicted molar refractivity (Wildman–Crippen MR) is 116 cm³/mol. The number of nitrogens with zero attached hydrogens (tertiary/aromatic N) is 2. The number of amides is 1. The SMILES string of the molecule is CCNC(=NCc1cc(C(CC)CC)no1)NCCNC(=O)Cc1ccc(F)cc1. The molecule has 2 aromatic rings. The molecule has 7 nitrogen and oxygen atoms in total. The van der Waals surface area contributed by atoms with Gasteiger partial charge in [0.15, 0.2) is 11.7 Å². The van der Waals surface area contributed by atoms with E-state index in [1.165, 1.54) is 12.1 Å². The highest BCUT2D eigenvalue weighted by atomic mass is 19.1. The van der Waals surface area contributed by atoms with Gasteiger partial charge in [0.25, 0.3) is 0 Å². The van der Waals surface area contributed by atoms with Crippen molar-refractivity contribution in [3.05, 3.63) is 53.2 Å². The standard InChI is InChI=1S/C22H32FN5O2/c1-4-17(5-2)20-14-19(30-28-20)15-27-22(24-6-3)26-12-11-25-21(29)13-16-7-9-18(23)10-8-16/h7-10,14,17H,4-6,11-13,15H2,1-3H3,(H,25,29)(H2,24,26,27). The van der Waals surface area contributed by atoms with Gasteiger partial charge in [-0.3, -0.25) is 4.79 Å². The number of halogens is 1. The summed E-state index contributed by atoms with van der Waals surface area (Å²) in [5.74, 6) is 1.36. The fourth-order valence-corrected chi connectivity index (χ4v) is 3.03. The van der Waals surface area contributed by atoms with Gasteiger partial charge in [0.2, 0.25) is 5.91 Å². The number of hydrogen-bond donors (Lipinski definition) is 3. The minimum atomic E-state index is -0.310. The topological polar surface area (TPSA) is 91.6 Å². The van der Waals surface area contributed by atoms with Crippen LogP contribution in [0.2, 0.25) is 0 Å². The van der Waals surface area contributed by atoms with E-state index >= 15 is 0 Å². The van der Waals surface area contributed by atoms with Crippen LogP contribution in [0.15, 0.2) is 39.8 Å². The molecule has 0 unspecified atom stereocenters. The number of benzene rings is 1. The molecular weight excluding hydrogens is 385 g/mol. The van der Waals surface area contributed by atoms with Crippen molar-refractivity contribution in [1.82, 2.24) is 21.1 Å². The van der Waals surface area contributed by atoms with E-state index in [1.807, 2.05) is 13.0 Å². The van der Waals surface area contributed by atoms with E-state index in [0.717, 1.165) is 36.4 Å². The Balaban J connectivity index is 1.76. The fourth-order valence-electron chi connectivity index (χ4n) is 3.03. The first-order valence-corrected chi connectivity index (χ1v) is 10.5. The van der Waals surface area contributed by atoms with Crippen molar-refractivity contribution < 1.29 is 13.7 Å². The number of carbonyl (C=O) groups is 1. The quantitative estimate of drug-likeness (QED) is 0.297. The Kier molecular flexibility index (Phi) is 9.83. The van der Waals surface area contributed by atoms with Crippen molar-refractivity contribution >= 4 is 11.9 Å². The largest absolute Gasteiger partial charge is 0.359 e. The molecule has 0 saturated heterocycles. The van der Waals surface area contributed by atoms with Gasteiger partial charge in [0, 0.05) is 31.6 Å². The maximum atomic E-state index is 12.9. The Labute approximate surface area is 177 Å². The molecule has 0 saturated carbocycles. The maximum Gasteiger partial charge on any atom is 0.224 e. The second kappa shape index (κ2) is 12.6. The zero-order chi connectivity index (χ0) is 21.8. The van der Waals surface area contributed by atoms with Crippen LogP contribution in [0.4, 0.5) is 4.39 Å². The molecule has 1 heterocycles. The Morgan fingerprint density at radius 3 is 2.47 bits per heavy atom. The third-order valence-electron chi connectivity index (χ3n) is 4.74. The van der Waals surface area contributed by atoms with Crippen molar-refractivity contribution in [2.75, 3.05) is 19.6 Å². The second-order valence-corrected chi connectivity index (χ2v) is 7.01. The Morgan fingerprint density at radius 1 is 1.10 bits per heavy atom. The molecule has 164 valence electrons. The van der Waals surface area contributed by atoms with Crippen molar-refractivity contribution in [3.63, 3.8) is 0 Å². The number of carbonyl (C=O) groups excluding carboxylic acids is 1. The van der Waals surface area contributed by atoms with Gasteiger partial charge < -0.3 is 20.5 Å². The molecule has 1 amide bonds. The molecule has 0 fully saturated rings. The number of guanidine groups is 1. The lowest BCUT2D eigenvalue weighted by Crippen LogP contribution is -2.41. The Bertz CT molecular complexity index is 800. The summed E-state index contributed by atoms with van der Waals surface area (Å²) in [7, 11) is 0. The number of aromatic nitrogens is 1. The van der Waals surface area contributed by atoms with Gasteiger partial charge in [-0.15, -0.1) is 0 Å². The van der Waals surface area contributed by atoms with Gasteiger partial charge in [-0.2, -0.15) is 0 Å². The van der Waals surface area contributed by atoms with Crippen molar-refractivity contribution in [2.45, 2.75) is 52.5 Å². The summed E-state index contributed by atoms with van der Waals surface area (Å²) in [6.45, 7) is 8.36. The van der Waals surface area contributed by atoms with Gasteiger partial charge in [-0.05, 0) is 37.5 Å². The molecular formula is C22H32FN5O2. The molecule has 0 aliphatic carbocycles. The van der Waals surface area contributed by atoms with Crippen LogP contribution in [0.3, 0.4) is 0 Å². The van der Waals surface area contributed by atoms with Crippen LogP contribution < -0.4 is 16.0 Å². The zero-order valence-corrected chi connectivity index (χ0v) is 18.0. The third kappa shape index (κ3) is 7.85. The molecule has 0 atom stereocenters. The third-order valence-corrected chi connectivity index (χ3v) is 4.74. The lowest BCUT2D eigenvalue weighted by Gasteiger charge is -2.11. The first kappa shape index (κ1) is 23.4. The van der Waals surface area contributed by atoms with Crippen LogP contribution in [0.1, 0.15) is 56.5 Å². The predicted octanol–water partition coefficient (Wildman–Crippen LogP) is 3.13. The smallest absolute Gasteiger partial charge is 0.224 e. The average Bonchev–Trinajstić information content (AvgIpc) is 3.20. The minimum absolute atomic E-state index is 0.110. The Hall–Kier alpha value is -2.90. The van der Waals surface area contributed by atoms with E-state index in [2.05, 4.69) is 39.9 Å². The molecule has 1 aromatic carbocycles. The molecule has 0 spiro atoms. The normalized spacial score (nSPS) is 11.6. The number of nitrogens with one attached hydrogen (secondary N) is 3. The number of rotatable bonds is 11. The van der Waals surface area contributed by atoms with Crippen LogP contribution in [0, 0.1) is 5.82 Å². The van der Waals surface area contributed by atoms with Crippen molar-refractivity contribution in [3.8, 4) is 0 Å². The molecule has 0 aliphatic rings. The molecule has 0 aliphatic heterocycles. The van der Waals surface area contributed by atoms with Gasteiger partial charge in [-0.1, -0.05) is 31.1 Å². The average molecular weight is 418 g/mol. The summed E-state index contributed by atoms with van der Waals surface area (Å²) in [6, 6.07) is 7.90. The van der Waals surface area contributed by atoms with Crippen molar-refractivity contribution in [1.29, 1.82) is 0 Å². The monoisotopic (exact) mass is 417 g/mol. The summed E-state index contributed by atoms with van der Waals surface area (Å²) >= 11 is 0. The summed E-state index contributed by atoms with van der Waals surface area (Å²) in [5, 5.41) is 13.4. The maximum absolute atomic E-state index is 12.9. The van der Waals surface area contributed by atoms with Crippen LogP contribution in [-0.2, 0) is 17.8 Å². The van der Waals surface area contributed by atoms with E-state index in [0.29, 0.717) is 31.5 Å². The minimum Gasteiger partial charge on any atom is -0.359 e. The summed E-state index contributed by atoms with van der Waals surface area (Å²) in [5.41, 5.74) is 1.75. The molecule has 1 aromatic heterocycles. The van der Waals surface area contributed by atoms with Crippen LogP contribution in [0.5, 0.6) is 0 Å². The van der Waals surface area contributed by atoms with Crippen LogP contribution >= 0.6 is 0 Å². The van der Waals surface area contributed by atoms with Gasteiger partial charge in [0.1, 0.15) is 12.4 Å². The first-order valence-electron chi connectivity index (χ1n) is 10.5. The highest BCUT2D eigenvalue weighted by Crippen LogP contribution is 2.22. The Morgan fingerprint density at radius 2 is 1.80 bits per heavy atom. The van der Waals surface area contributed by atoms with E-state index in [-0.39, 0.29) is 18.1 Å². The summed E-state index contributed by atoms with van der Waals surface area (Å²) in [4.78, 5) is 16.5. The van der Waals surface area contributed by atoms with Crippen LogP contribution in [-0.4, -0.2) is 36.7 Å². The highest BCUT2D eigenvalue weighted by Gasteiger charge is 2.12. The molecule has 0 bridgehead atoms. The first-order chi connectivity index (χ1) is 14.5. The van der Waals surface area contributed by atoms with Gasteiger partial charge in [-0.25, -0.2) is 9.38 Å². The van der Waals surface area contributed by atoms with Gasteiger partial charge in [0.05, 0.1) is 12.1 Å². The van der Waals surface area contributed by atoms with E-state index in [1.54, 1.807) is 12.1 Å². The number of aliphatic imine (C=N–C) groups is 1. The van der Waals surface area contributed by atoms with Crippen molar-refractivity contribution in [2.24, 2.45) is 4.99 Å².